The van der Waals surface area contributed by atoms with E-state index in [1.54, 1.807) is 25.6 Å². The van der Waals surface area contributed by atoms with Crippen LogP contribution in [-0.4, -0.2) is 52.0 Å². The molecular weight excluding hydrogens is 410 g/mol. The molecule has 2 N–H and O–H groups in total. The summed E-state index contributed by atoms with van der Waals surface area (Å²) in [6.45, 7) is 1.23. The number of rotatable bonds is 9. The number of hydrogen-bond acceptors (Lipinski definition) is 5. The number of benzene rings is 2. The van der Waals surface area contributed by atoms with Gasteiger partial charge in [0.2, 0.25) is 5.91 Å². The van der Waals surface area contributed by atoms with Crippen LogP contribution in [0.25, 0.3) is 11.0 Å². The fraction of sp³-hybridized carbons (Fsp3) is 0.304. The Labute approximate surface area is 185 Å². The summed E-state index contributed by atoms with van der Waals surface area (Å²) in [5.41, 5.74) is 2.74. The number of amides is 4. The SMILES string of the molecule is COc1ccc(CN2C(=O)N[C@H](CCC(=O)NCCn3cnc4ccccc43)C2=O)cc1. The van der Waals surface area contributed by atoms with Gasteiger partial charge in [-0.05, 0) is 36.2 Å². The summed E-state index contributed by atoms with van der Waals surface area (Å²) < 4.78 is 7.10. The average Bonchev–Trinajstić information content (AvgIpc) is 3.34. The average molecular weight is 435 g/mol. The number of fused-ring (bicyclic) bond motifs is 1. The molecule has 2 aromatic carbocycles. The third-order valence-corrected chi connectivity index (χ3v) is 5.47. The van der Waals surface area contributed by atoms with Gasteiger partial charge in [-0.3, -0.25) is 14.5 Å². The maximum absolute atomic E-state index is 12.6. The van der Waals surface area contributed by atoms with Crippen LogP contribution >= 0.6 is 0 Å². The highest BCUT2D eigenvalue weighted by molar-refractivity contribution is 6.04. The number of ether oxygens (including phenoxy) is 1. The Morgan fingerprint density at radius 2 is 1.94 bits per heavy atom. The van der Waals surface area contributed by atoms with E-state index in [2.05, 4.69) is 15.6 Å². The molecule has 0 saturated carbocycles. The summed E-state index contributed by atoms with van der Waals surface area (Å²) in [4.78, 5) is 42.6. The first-order chi connectivity index (χ1) is 15.5. The minimum Gasteiger partial charge on any atom is -0.497 e. The molecule has 9 heteroatoms. The number of methoxy groups -OCH3 is 1. The molecule has 1 atom stereocenters. The minimum absolute atomic E-state index is 0.151. The first kappa shape index (κ1) is 21.4. The molecule has 2 heterocycles. The van der Waals surface area contributed by atoms with Gasteiger partial charge in [0, 0.05) is 19.5 Å². The molecule has 9 nitrogen and oxygen atoms in total. The highest BCUT2D eigenvalue weighted by atomic mass is 16.5. The minimum atomic E-state index is -0.691. The van der Waals surface area contributed by atoms with Crippen molar-refractivity contribution >= 4 is 28.9 Å². The van der Waals surface area contributed by atoms with E-state index in [9.17, 15) is 14.4 Å². The zero-order chi connectivity index (χ0) is 22.5. The van der Waals surface area contributed by atoms with Gasteiger partial charge in [-0.25, -0.2) is 9.78 Å². The van der Waals surface area contributed by atoms with Crippen molar-refractivity contribution in [1.29, 1.82) is 0 Å². The van der Waals surface area contributed by atoms with Crippen molar-refractivity contribution in [3.05, 3.63) is 60.4 Å². The Balaban J connectivity index is 1.23. The number of para-hydroxylation sites is 2. The lowest BCUT2D eigenvalue weighted by atomic mass is 10.1. The van der Waals surface area contributed by atoms with E-state index in [0.29, 0.717) is 18.8 Å². The molecule has 0 unspecified atom stereocenters. The van der Waals surface area contributed by atoms with E-state index in [1.807, 2.05) is 41.0 Å². The largest absolute Gasteiger partial charge is 0.497 e. The second kappa shape index (κ2) is 9.51. The number of carbonyl (C=O) groups excluding carboxylic acids is 3. The first-order valence-electron chi connectivity index (χ1n) is 10.5. The molecule has 4 rings (SSSR count). The molecule has 1 aliphatic rings. The zero-order valence-electron chi connectivity index (χ0n) is 17.8. The monoisotopic (exact) mass is 435 g/mol. The van der Waals surface area contributed by atoms with Gasteiger partial charge < -0.3 is 19.9 Å². The van der Waals surface area contributed by atoms with Gasteiger partial charge in [-0.2, -0.15) is 0 Å². The summed E-state index contributed by atoms with van der Waals surface area (Å²) in [5.74, 6) is 0.227. The third-order valence-electron chi connectivity index (χ3n) is 5.47. The number of urea groups is 1. The van der Waals surface area contributed by atoms with Crippen LogP contribution < -0.4 is 15.4 Å². The van der Waals surface area contributed by atoms with Crippen LogP contribution in [0.4, 0.5) is 4.79 Å². The number of carbonyl (C=O) groups is 3. The lowest BCUT2D eigenvalue weighted by Gasteiger charge is -2.13. The van der Waals surface area contributed by atoms with E-state index < -0.39 is 12.1 Å². The highest BCUT2D eigenvalue weighted by Crippen LogP contribution is 2.17. The van der Waals surface area contributed by atoms with Crippen molar-refractivity contribution in [2.75, 3.05) is 13.7 Å². The van der Waals surface area contributed by atoms with E-state index in [0.717, 1.165) is 16.6 Å². The summed E-state index contributed by atoms with van der Waals surface area (Å²) in [5, 5.41) is 5.53. The molecule has 0 aliphatic carbocycles. The smallest absolute Gasteiger partial charge is 0.325 e. The quantitative estimate of drug-likeness (QED) is 0.501. The van der Waals surface area contributed by atoms with E-state index >= 15 is 0 Å². The van der Waals surface area contributed by atoms with Gasteiger partial charge >= 0.3 is 6.03 Å². The van der Waals surface area contributed by atoms with Crippen LogP contribution in [0, 0.1) is 0 Å². The standard InChI is InChI=1S/C23H25N5O4/c1-32-17-8-6-16(7-9-17)14-28-22(30)19(26-23(28)31)10-11-21(29)24-12-13-27-15-25-18-4-2-3-5-20(18)27/h2-9,15,19H,10-14H2,1H3,(H,24,29)(H,26,31)/t19-/m1/s1. The Morgan fingerprint density at radius 3 is 2.72 bits per heavy atom. The van der Waals surface area contributed by atoms with E-state index in [4.69, 9.17) is 4.74 Å². The lowest BCUT2D eigenvalue weighted by Crippen LogP contribution is -2.33. The van der Waals surface area contributed by atoms with Crippen molar-refractivity contribution in [2.45, 2.75) is 32.0 Å². The molecule has 166 valence electrons. The van der Waals surface area contributed by atoms with E-state index in [-0.39, 0.29) is 31.2 Å². The Kier molecular flexibility index (Phi) is 6.34. The third kappa shape index (κ3) is 4.72. The van der Waals surface area contributed by atoms with Gasteiger partial charge in [-0.15, -0.1) is 0 Å². The second-order valence-electron chi connectivity index (χ2n) is 7.59. The van der Waals surface area contributed by atoms with Gasteiger partial charge in [0.15, 0.2) is 0 Å². The topological polar surface area (TPSA) is 106 Å². The van der Waals surface area contributed by atoms with Crippen molar-refractivity contribution < 1.29 is 19.1 Å². The van der Waals surface area contributed by atoms with Crippen LogP contribution in [-0.2, 0) is 22.7 Å². The molecule has 4 amide bonds. The van der Waals surface area contributed by atoms with Crippen molar-refractivity contribution in [1.82, 2.24) is 25.1 Å². The number of imide groups is 1. The lowest BCUT2D eigenvalue weighted by molar-refractivity contribution is -0.128. The fourth-order valence-corrected chi connectivity index (χ4v) is 3.70. The molecule has 0 spiro atoms. The van der Waals surface area contributed by atoms with Crippen molar-refractivity contribution in [3.8, 4) is 5.75 Å². The van der Waals surface area contributed by atoms with E-state index in [1.165, 1.54) is 4.90 Å². The normalized spacial score (nSPS) is 15.8. The molecule has 0 bridgehead atoms. The molecule has 3 aromatic rings. The fourth-order valence-electron chi connectivity index (χ4n) is 3.70. The molecule has 32 heavy (non-hydrogen) atoms. The van der Waals surface area contributed by atoms with Crippen LogP contribution in [0.5, 0.6) is 5.75 Å². The van der Waals surface area contributed by atoms with Crippen LogP contribution in [0.1, 0.15) is 18.4 Å². The van der Waals surface area contributed by atoms with Crippen molar-refractivity contribution in [3.63, 3.8) is 0 Å². The van der Waals surface area contributed by atoms with Crippen LogP contribution in [0.15, 0.2) is 54.9 Å². The van der Waals surface area contributed by atoms with Crippen molar-refractivity contribution in [2.24, 2.45) is 0 Å². The summed E-state index contributed by atoms with van der Waals surface area (Å²) in [6.07, 6.45) is 2.15. The summed E-state index contributed by atoms with van der Waals surface area (Å²) in [6, 6.07) is 13.8. The van der Waals surface area contributed by atoms with Crippen LogP contribution in [0.3, 0.4) is 0 Å². The van der Waals surface area contributed by atoms with Crippen LogP contribution in [0.2, 0.25) is 0 Å². The molecular formula is C23H25N5O4. The predicted molar refractivity (Wildman–Crippen MR) is 118 cm³/mol. The molecule has 0 radical (unpaired) electrons. The van der Waals surface area contributed by atoms with Gasteiger partial charge in [-0.1, -0.05) is 24.3 Å². The molecule has 1 aromatic heterocycles. The number of nitrogens with zero attached hydrogens (tertiary/aromatic N) is 3. The Bertz CT molecular complexity index is 1120. The molecule has 1 fully saturated rings. The predicted octanol–water partition coefficient (Wildman–Crippen LogP) is 2.06. The first-order valence-corrected chi connectivity index (χ1v) is 10.5. The Morgan fingerprint density at radius 1 is 1.16 bits per heavy atom. The van der Waals surface area contributed by atoms with Gasteiger partial charge in [0.05, 0.1) is 31.0 Å². The maximum Gasteiger partial charge on any atom is 0.325 e. The molecule has 1 saturated heterocycles. The summed E-state index contributed by atoms with van der Waals surface area (Å²) >= 11 is 0. The zero-order valence-corrected chi connectivity index (χ0v) is 17.8. The second-order valence-corrected chi connectivity index (χ2v) is 7.59. The summed E-state index contributed by atoms with van der Waals surface area (Å²) in [7, 11) is 1.58. The number of imidazole rings is 1. The van der Waals surface area contributed by atoms with Gasteiger partial charge in [0.1, 0.15) is 11.8 Å². The number of hydrogen-bond donors (Lipinski definition) is 2. The van der Waals surface area contributed by atoms with Gasteiger partial charge in [0.25, 0.3) is 5.91 Å². The Hall–Kier alpha value is -3.88. The highest BCUT2D eigenvalue weighted by Gasteiger charge is 2.37. The molecule has 1 aliphatic heterocycles. The number of nitrogens with one attached hydrogen (secondary N) is 2. The number of aromatic nitrogens is 2. The maximum atomic E-state index is 12.6.